The van der Waals surface area contributed by atoms with Crippen molar-refractivity contribution in [2.24, 2.45) is 0 Å². The zero-order valence-electron chi connectivity index (χ0n) is 9.18. The molecule has 0 radical (unpaired) electrons. The summed E-state index contributed by atoms with van der Waals surface area (Å²) >= 11 is 5.89. The van der Waals surface area contributed by atoms with Crippen LogP contribution in [0.15, 0.2) is 18.2 Å². The molecule has 1 aromatic rings. The van der Waals surface area contributed by atoms with Gasteiger partial charge in [-0.1, -0.05) is 17.7 Å². The summed E-state index contributed by atoms with van der Waals surface area (Å²) < 4.78 is 12.8. The van der Waals surface area contributed by atoms with Gasteiger partial charge in [0.1, 0.15) is 5.82 Å². The minimum atomic E-state index is -0.368. The molecule has 0 bridgehead atoms. The Bertz CT molecular complexity index is 384. The van der Waals surface area contributed by atoms with Crippen molar-refractivity contribution in [3.8, 4) is 0 Å². The third-order valence-electron chi connectivity index (χ3n) is 2.28. The Labute approximate surface area is 99.0 Å². The van der Waals surface area contributed by atoms with Gasteiger partial charge in [0.05, 0.1) is 6.54 Å². The molecule has 16 heavy (non-hydrogen) atoms. The van der Waals surface area contributed by atoms with Gasteiger partial charge in [-0.25, -0.2) is 4.39 Å². The van der Waals surface area contributed by atoms with Crippen LogP contribution in [0.3, 0.4) is 0 Å². The fourth-order valence-corrected chi connectivity index (χ4v) is 1.63. The van der Waals surface area contributed by atoms with E-state index >= 15 is 0 Å². The predicted molar refractivity (Wildman–Crippen MR) is 61.9 cm³/mol. The molecule has 0 spiro atoms. The Hall–Kier alpha value is -1.13. The van der Waals surface area contributed by atoms with E-state index < -0.39 is 0 Å². The van der Waals surface area contributed by atoms with E-state index in [0.717, 1.165) is 5.56 Å². The topological polar surface area (TPSA) is 41.1 Å². The van der Waals surface area contributed by atoms with Gasteiger partial charge in [0, 0.05) is 18.1 Å². The molecule has 1 amide bonds. The highest BCUT2D eigenvalue weighted by atomic mass is 35.5. The molecule has 2 N–H and O–H groups in total. The molecule has 88 valence electrons. The van der Waals surface area contributed by atoms with Crippen LogP contribution in [0.25, 0.3) is 0 Å². The Kier molecular flexibility index (Phi) is 4.71. The fourth-order valence-electron chi connectivity index (χ4n) is 1.30. The number of rotatable bonds is 4. The minimum Gasteiger partial charge on any atom is -0.358 e. The van der Waals surface area contributed by atoms with E-state index in [1.54, 1.807) is 13.1 Å². The highest BCUT2D eigenvalue weighted by molar-refractivity contribution is 6.31. The molecule has 1 unspecified atom stereocenters. The molecule has 0 heterocycles. The molecule has 1 rings (SSSR count). The van der Waals surface area contributed by atoms with Crippen molar-refractivity contribution in [1.82, 2.24) is 10.6 Å². The lowest BCUT2D eigenvalue weighted by molar-refractivity contribution is -0.119. The van der Waals surface area contributed by atoms with E-state index in [1.165, 1.54) is 12.1 Å². The lowest BCUT2D eigenvalue weighted by Gasteiger charge is -2.15. The summed E-state index contributed by atoms with van der Waals surface area (Å²) in [6, 6.07) is 4.11. The number of hydrogen-bond acceptors (Lipinski definition) is 2. The average Bonchev–Trinajstić information content (AvgIpc) is 2.25. The van der Waals surface area contributed by atoms with Crippen LogP contribution in [0.5, 0.6) is 0 Å². The Morgan fingerprint density at radius 2 is 2.25 bits per heavy atom. The number of nitrogens with one attached hydrogen (secondary N) is 2. The number of carbonyl (C=O) groups is 1. The number of amides is 1. The van der Waals surface area contributed by atoms with Crippen molar-refractivity contribution in [2.45, 2.75) is 13.0 Å². The first-order valence-corrected chi connectivity index (χ1v) is 5.31. The van der Waals surface area contributed by atoms with Crippen LogP contribution in [-0.4, -0.2) is 19.5 Å². The number of likely N-dealkylation sites (N-methyl/N-ethyl adjacent to an activating group) is 1. The third kappa shape index (κ3) is 3.47. The second-order valence-electron chi connectivity index (χ2n) is 3.44. The number of halogens is 2. The summed E-state index contributed by atoms with van der Waals surface area (Å²) in [5.74, 6) is -0.475. The van der Waals surface area contributed by atoms with Crippen molar-refractivity contribution >= 4 is 17.5 Å². The summed E-state index contributed by atoms with van der Waals surface area (Å²) in [6.45, 7) is 2.06. The lowest BCUT2D eigenvalue weighted by Crippen LogP contribution is -2.32. The van der Waals surface area contributed by atoms with E-state index in [9.17, 15) is 9.18 Å². The van der Waals surface area contributed by atoms with Gasteiger partial charge in [-0.15, -0.1) is 0 Å². The number of benzene rings is 1. The first-order chi connectivity index (χ1) is 7.54. The van der Waals surface area contributed by atoms with Crippen molar-refractivity contribution in [3.05, 3.63) is 34.6 Å². The van der Waals surface area contributed by atoms with Crippen LogP contribution in [-0.2, 0) is 4.79 Å². The molecular formula is C11H14ClFN2O. The van der Waals surface area contributed by atoms with Crippen molar-refractivity contribution in [3.63, 3.8) is 0 Å². The normalized spacial score (nSPS) is 12.2. The third-order valence-corrected chi connectivity index (χ3v) is 2.60. The minimum absolute atomic E-state index is 0.106. The highest BCUT2D eigenvalue weighted by Gasteiger charge is 2.10. The molecule has 0 fully saturated rings. The van der Waals surface area contributed by atoms with Crippen LogP contribution >= 0.6 is 11.6 Å². The Morgan fingerprint density at radius 3 is 2.81 bits per heavy atom. The van der Waals surface area contributed by atoms with Crippen LogP contribution in [0, 0.1) is 5.82 Å². The van der Waals surface area contributed by atoms with Gasteiger partial charge in [0.25, 0.3) is 0 Å². The first kappa shape index (κ1) is 12.9. The summed E-state index contributed by atoms with van der Waals surface area (Å²) in [5.41, 5.74) is 0.770. The number of carbonyl (C=O) groups excluding carboxylic acids is 1. The Morgan fingerprint density at radius 1 is 1.56 bits per heavy atom. The van der Waals surface area contributed by atoms with Gasteiger partial charge < -0.3 is 10.6 Å². The standard InChI is InChI=1S/C11H14ClFN2O/c1-7(15-6-11(16)14-2)9-4-3-8(13)5-10(9)12/h3-5,7,15H,6H2,1-2H3,(H,14,16). The summed E-state index contributed by atoms with van der Waals surface area (Å²) in [6.07, 6.45) is 0. The molecule has 5 heteroatoms. The predicted octanol–water partition coefficient (Wildman–Crippen LogP) is 1.88. The van der Waals surface area contributed by atoms with Gasteiger partial charge in [-0.05, 0) is 24.6 Å². The lowest BCUT2D eigenvalue weighted by atomic mass is 10.1. The maximum Gasteiger partial charge on any atom is 0.233 e. The van der Waals surface area contributed by atoms with Crippen molar-refractivity contribution < 1.29 is 9.18 Å². The van der Waals surface area contributed by atoms with Crippen LogP contribution in [0.4, 0.5) is 4.39 Å². The largest absolute Gasteiger partial charge is 0.358 e. The van der Waals surface area contributed by atoms with Gasteiger partial charge in [-0.3, -0.25) is 4.79 Å². The summed E-state index contributed by atoms with van der Waals surface area (Å²) in [5, 5.41) is 5.85. The zero-order valence-corrected chi connectivity index (χ0v) is 9.94. The van der Waals surface area contributed by atoms with Gasteiger partial charge >= 0.3 is 0 Å². The fraction of sp³-hybridized carbons (Fsp3) is 0.364. The molecule has 1 aromatic carbocycles. The number of hydrogen-bond donors (Lipinski definition) is 2. The molecule has 0 saturated heterocycles. The molecular weight excluding hydrogens is 231 g/mol. The average molecular weight is 245 g/mol. The van der Waals surface area contributed by atoms with Crippen LogP contribution in [0.1, 0.15) is 18.5 Å². The molecule has 3 nitrogen and oxygen atoms in total. The van der Waals surface area contributed by atoms with E-state index in [0.29, 0.717) is 5.02 Å². The van der Waals surface area contributed by atoms with Gasteiger partial charge in [0.2, 0.25) is 5.91 Å². The Balaban J connectivity index is 2.65. The molecule has 0 aromatic heterocycles. The monoisotopic (exact) mass is 244 g/mol. The molecule has 0 aliphatic rings. The zero-order chi connectivity index (χ0) is 12.1. The van der Waals surface area contributed by atoms with Crippen molar-refractivity contribution in [2.75, 3.05) is 13.6 Å². The van der Waals surface area contributed by atoms with E-state index in [1.807, 2.05) is 6.92 Å². The highest BCUT2D eigenvalue weighted by Crippen LogP contribution is 2.23. The smallest absolute Gasteiger partial charge is 0.233 e. The summed E-state index contributed by atoms with van der Waals surface area (Å²) in [7, 11) is 1.57. The van der Waals surface area contributed by atoms with E-state index in [4.69, 9.17) is 11.6 Å². The van der Waals surface area contributed by atoms with Crippen LogP contribution in [0.2, 0.25) is 5.02 Å². The van der Waals surface area contributed by atoms with Gasteiger partial charge in [-0.2, -0.15) is 0 Å². The maximum atomic E-state index is 12.8. The first-order valence-electron chi connectivity index (χ1n) is 4.93. The SMILES string of the molecule is CNC(=O)CNC(C)c1ccc(F)cc1Cl. The molecule has 1 atom stereocenters. The second-order valence-corrected chi connectivity index (χ2v) is 3.85. The van der Waals surface area contributed by atoms with Crippen molar-refractivity contribution in [1.29, 1.82) is 0 Å². The van der Waals surface area contributed by atoms with E-state index in [-0.39, 0.29) is 24.3 Å². The molecule has 0 saturated carbocycles. The molecule has 0 aliphatic carbocycles. The van der Waals surface area contributed by atoms with Crippen LogP contribution < -0.4 is 10.6 Å². The maximum absolute atomic E-state index is 12.8. The van der Waals surface area contributed by atoms with Gasteiger partial charge in [0.15, 0.2) is 0 Å². The summed E-state index contributed by atoms with van der Waals surface area (Å²) in [4.78, 5) is 11.0. The quantitative estimate of drug-likeness (QED) is 0.849. The second kappa shape index (κ2) is 5.82. The molecule has 0 aliphatic heterocycles. The van der Waals surface area contributed by atoms with E-state index in [2.05, 4.69) is 10.6 Å².